The molecule has 1 fully saturated rings. The van der Waals surface area contributed by atoms with E-state index in [0.29, 0.717) is 25.5 Å². The standard InChI is InChI=1S/C19H22N4O3S/c1-2-7-22-13-20-21-19(22)27-12-18(24)23-8-3-4-15(23)14-5-6-16-17(11-14)26-10-9-25-16/h2,5-6,11,13,15H,1,3-4,7-10,12H2. The number of allylic oxidation sites excluding steroid dienone is 1. The third-order valence-corrected chi connectivity index (χ3v) is 5.72. The van der Waals surface area contributed by atoms with Gasteiger partial charge in [0.1, 0.15) is 19.5 Å². The Morgan fingerprint density at radius 3 is 3.04 bits per heavy atom. The van der Waals surface area contributed by atoms with Crippen molar-refractivity contribution in [3.05, 3.63) is 42.7 Å². The van der Waals surface area contributed by atoms with Gasteiger partial charge in [-0.2, -0.15) is 0 Å². The van der Waals surface area contributed by atoms with Crippen molar-refractivity contribution in [2.24, 2.45) is 0 Å². The topological polar surface area (TPSA) is 69.5 Å². The summed E-state index contributed by atoms with van der Waals surface area (Å²) in [4.78, 5) is 14.8. The highest BCUT2D eigenvalue weighted by Gasteiger charge is 2.31. The zero-order valence-corrected chi connectivity index (χ0v) is 15.9. The van der Waals surface area contributed by atoms with E-state index in [9.17, 15) is 4.79 Å². The van der Waals surface area contributed by atoms with E-state index in [0.717, 1.165) is 41.6 Å². The van der Waals surface area contributed by atoms with E-state index in [1.54, 1.807) is 12.4 Å². The SMILES string of the molecule is C=CCn1cnnc1SCC(=O)N1CCCC1c1ccc2c(c1)OCCO2. The number of fused-ring (bicyclic) bond motifs is 1. The van der Waals surface area contributed by atoms with Gasteiger partial charge in [-0.1, -0.05) is 23.9 Å². The van der Waals surface area contributed by atoms with Crippen LogP contribution in [-0.2, 0) is 11.3 Å². The number of ether oxygens (including phenoxy) is 2. The predicted molar refractivity (Wildman–Crippen MR) is 102 cm³/mol. The average Bonchev–Trinajstić information content (AvgIpc) is 3.35. The van der Waals surface area contributed by atoms with Crippen LogP contribution in [0.4, 0.5) is 0 Å². The van der Waals surface area contributed by atoms with Crippen molar-refractivity contribution in [1.82, 2.24) is 19.7 Å². The molecule has 1 saturated heterocycles. The van der Waals surface area contributed by atoms with Gasteiger partial charge in [0.2, 0.25) is 5.91 Å². The van der Waals surface area contributed by atoms with Crippen LogP contribution in [0.2, 0.25) is 0 Å². The lowest BCUT2D eigenvalue weighted by molar-refractivity contribution is -0.129. The second-order valence-corrected chi connectivity index (χ2v) is 7.43. The van der Waals surface area contributed by atoms with Gasteiger partial charge in [-0.05, 0) is 30.5 Å². The van der Waals surface area contributed by atoms with E-state index in [4.69, 9.17) is 9.47 Å². The first-order chi connectivity index (χ1) is 13.3. The van der Waals surface area contributed by atoms with E-state index in [2.05, 4.69) is 16.8 Å². The lowest BCUT2D eigenvalue weighted by Crippen LogP contribution is -2.32. The monoisotopic (exact) mass is 386 g/mol. The molecule has 1 aromatic carbocycles. The van der Waals surface area contributed by atoms with E-state index in [1.165, 1.54) is 11.8 Å². The van der Waals surface area contributed by atoms with E-state index in [-0.39, 0.29) is 11.9 Å². The second kappa shape index (κ2) is 8.04. The Balaban J connectivity index is 1.44. The van der Waals surface area contributed by atoms with Crippen LogP contribution in [0.3, 0.4) is 0 Å². The summed E-state index contributed by atoms with van der Waals surface area (Å²) >= 11 is 1.41. The van der Waals surface area contributed by atoms with Crippen molar-refractivity contribution < 1.29 is 14.3 Å². The molecule has 3 heterocycles. The number of benzene rings is 1. The molecule has 0 bridgehead atoms. The maximum absolute atomic E-state index is 12.9. The van der Waals surface area contributed by atoms with Crippen molar-refractivity contribution in [3.8, 4) is 11.5 Å². The van der Waals surface area contributed by atoms with Gasteiger partial charge in [0.15, 0.2) is 16.7 Å². The van der Waals surface area contributed by atoms with Gasteiger partial charge in [0.25, 0.3) is 0 Å². The first kappa shape index (κ1) is 17.9. The molecule has 1 unspecified atom stereocenters. The van der Waals surface area contributed by atoms with Gasteiger partial charge >= 0.3 is 0 Å². The molecule has 1 amide bonds. The molecular weight excluding hydrogens is 364 g/mol. The lowest BCUT2D eigenvalue weighted by atomic mass is 10.0. The summed E-state index contributed by atoms with van der Waals surface area (Å²) in [6.45, 7) is 6.28. The molecule has 8 heteroatoms. The molecule has 27 heavy (non-hydrogen) atoms. The zero-order chi connectivity index (χ0) is 18.6. The maximum Gasteiger partial charge on any atom is 0.233 e. The summed E-state index contributed by atoms with van der Waals surface area (Å²) in [5, 5.41) is 8.73. The van der Waals surface area contributed by atoms with Crippen LogP contribution in [0.25, 0.3) is 0 Å². The summed E-state index contributed by atoms with van der Waals surface area (Å²) < 4.78 is 13.2. The molecule has 4 rings (SSSR count). The fraction of sp³-hybridized carbons (Fsp3) is 0.421. The minimum absolute atomic E-state index is 0.0833. The molecule has 0 radical (unpaired) electrons. The Morgan fingerprint density at radius 1 is 1.33 bits per heavy atom. The summed E-state index contributed by atoms with van der Waals surface area (Å²) in [6.07, 6.45) is 5.40. The molecule has 0 aliphatic carbocycles. The highest BCUT2D eigenvalue weighted by Crippen LogP contribution is 2.38. The Kier molecular flexibility index (Phi) is 5.33. The van der Waals surface area contributed by atoms with Gasteiger partial charge in [0.05, 0.1) is 11.8 Å². The van der Waals surface area contributed by atoms with Gasteiger partial charge in [-0.3, -0.25) is 4.79 Å². The van der Waals surface area contributed by atoms with Gasteiger partial charge < -0.3 is 18.9 Å². The number of nitrogens with zero attached hydrogens (tertiary/aromatic N) is 4. The van der Waals surface area contributed by atoms with Crippen LogP contribution in [-0.4, -0.2) is 51.1 Å². The normalized spacial score (nSPS) is 18.5. The van der Waals surface area contributed by atoms with Gasteiger partial charge in [0, 0.05) is 13.1 Å². The quantitative estimate of drug-likeness (QED) is 0.562. The van der Waals surface area contributed by atoms with E-state index < -0.39 is 0 Å². The maximum atomic E-state index is 12.9. The molecule has 2 aromatic rings. The molecular formula is C19H22N4O3S. The number of carbonyl (C=O) groups is 1. The average molecular weight is 386 g/mol. The van der Waals surface area contributed by atoms with Crippen molar-refractivity contribution in [2.45, 2.75) is 30.6 Å². The number of carbonyl (C=O) groups excluding carboxylic acids is 1. The largest absolute Gasteiger partial charge is 0.486 e. The number of rotatable bonds is 6. The molecule has 1 aromatic heterocycles. The van der Waals surface area contributed by atoms with Gasteiger partial charge in [-0.25, -0.2) is 0 Å². The number of hydrogen-bond acceptors (Lipinski definition) is 6. The summed E-state index contributed by atoms with van der Waals surface area (Å²) in [7, 11) is 0. The van der Waals surface area contributed by atoms with Crippen molar-refractivity contribution in [1.29, 1.82) is 0 Å². The molecule has 0 spiro atoms. The van der Waals surface area contributed by atoms with Crippen LogP contribution in [0, 0.1) is 0 Å². The van der Waals surface area contributed by atoms with Crippen LogP contribution in [0.5, 0.6) is 11.5 Å². The third-order valence-electron chi connectivity index (χ3n) is 4.75. The van der Waals surface area contributed by atoms with Crippen LogP contribution >= 0.6 is 11.8 Å². The Bertz CT molecular complexity index is 838. The molecule has 0 saturated carbocycles. The third kappa shape index (κ3) is 3.80. The summed E-state index contributed by atoms with van der Waals surface area (Å²) in [5.74, 6) is 2.00. The fourth-order valence-electron chi connectivity index (χ4n) is 3.51. The molecule has 2 aliphatic rings. The number of amides is 1. The van der Waals surface area contributed by atoms with Crippen molar-refractivity contribution in [2.75, 3.05) is 25.5 Å². The van der Waals surface area contributed by atoms with Gasteiger partial charge in [-0.15, -0.1) is 16.8 Å². The van der Waals surface area contributed by atoms with Crippen LogP contribution in [0.15, 0.2) is 42.3 Å². The molecule has 0 N–H and O–H groups in total. The smallest absolute Gasteiger partial charge is 0.233 e. The first-order valence-corrected chi connectivity index (χ1v) is 10.1. The van der Waals surface area contributed by atoms with Crippen LogP contribution < -0.4 is 9.47 Å². The minimum atomic E-state index is 0.0833. The molecule has 7 nitrogen and oxygen atoms in total. The molecule has 1 atom stereocenters. The first-order valence-electron chi connectivity index (χ1n) is 9.07. The lowest BCUT2D eigenvalue weighted by Gasteiger charge is -2.26. The molecule has 142 valence electrons. The highest BCUT2D eigenvalue weighted by atomic mass is 32.2. The fourth-order valence-corrected chi connectivity index (χ4v) is 4.32. The van der Waals surface area contributed by atoms with Crippen molar-refractivity contribution >= 4 is 17.7 Å². The number of hydrogen-bond donors (Lipinski definition) is 0. The Morgan fingerprint density at radius 2 is 2.19 bits per heavy atom. The Hall–Kier alpha value is -2.48. The second-order valence-electron chi connectivity index (χ2n) is 6.49. The van der Waals surface area contributed by atoms with Crippen LogP contribution in [0.1, 0.15) is 24.4 Å². The number of aromatic nitrogens is 3. The number of likely N-dealkylation sites (tertiary alicyclic amines) is 1. The van der Waals surface area contributed by atoms with E-state index in [1.807, 2.05) is 27.7 Å². The Labute approximate surface area is 162 Å². The number of thioether (sulfide) groups is 1. The van der Waals surface area contributed by atoms with Crippen molar-refractivity contribution in [3.63, 3.8) is 0 Å². The molecule has 2 aliphatic heterocycles. The summed E-state index contributed by atoms with van der Waals surface area (Å²) in [5.41, 5.74) is 1.10. The zero-order valence-electron chi connectivity index (χ0n) is 15.0. The highest BCUT2D eigenvalue weighted by molar-refractivity contribution is 7.99. The summed E-state index contributed by atoms with van der Waals surface area (Å²) in [6, 6.07) is 6.08. The van der Waals surface area contributed by atoms with E-state index >= 15 is 0 Å². The predicted octanol–water partition coefficient (Wildman–Crippen LogP) is 2.69. The minimum Gasteiger partial charge on any atom is -0.486 e.